The molecule has 0 saturated carbocycles. The van der Waals surface area contributed by atoms with Gasteiger partial charge in [0.25, 0.3) is 0 Å². The van der Waals surface area contributed by atoms with E-state index in [4.69, 9.17) is 9.26 Å². The molecule has 3 aromatic rings. The number of allylic oxidation sites excluding steroid dienone is 1. The summed E-state index contributed by atoms with van der Waals surface area (Å²) < 4.78 is 41.2. The van der Waals surface area contributed by atoms with Gasteiger partial charge in [-0.05, 0) is 32.0 Å². The minimum atomic E-state index is -0.788. The van der Waals surface area contributed by atoms with Crippen LogP contribution in [0.2, 0.25) is 0 Å². The summed E-state index contributed by atoms with van der Waals surface area (Å²) in [5.74, 6) is 0.0795. The summed E-state index contributed by atoms with van der Waals surface area (Å²) in [6.45, 7) is 11.2. The van der Waals surface area contributed by atoms with Gasteiger partial charge in [-0.25, -0.2) is 8.78 Å². The zero-order valence-corrected chi connectivity index (χ0v) is 21.2. The molecule has 190 valence electrons. The molecular weight excluding hydrogens is 466 g/mol. The molecule has 0 spiro atoms. The molecule has 1 aromatic carbocycles. The Hall–Kier alpha value is -3.53. The van der Waals surface area contributed by atoms with Crippen LogP contribution in [0.5, 0.6) is 11.8 Å². The fraction of sp³-hybridized carbons (Fsp3) is 0.423. The van der Waals surface area contributed by atoms with Gasteiger partial charge in [-0.15, -0.1) is 0 Å². The molecule has 0 radical (unpaired) electrons. The van der Waals surface area contributed by atoms with Gasteiger partial charge in [0.1, 0.15) is 17.4 Å². The van der Waals surface area contributed by atoms with Crippen LogP contribution >= 0.6 is 0 Å². The van der Waals surface area contributed by atoms with Crippen molar-refractivity contribution in [3.05, 3.63) is 52.3 Å². The lowest BCUT2D eigenvalue weighted by molar-refractivity contribution is 0.311. The Morgan fingerprint density at radius 2 is 1.78 bits per heavy atom. The molecule has 5 rings (SSSR count). The van der Waals surface area contributed by atoms with Gasteiger partial charge >= 0.3 is 6.01 Å². The van der Waals surface area contributed by atoms with E-state index >= 15 is 4.39 Å². The third-order valence-electron chi connectivity index (χ3n) is 6.38. The molecule has 1 fully saturated rings. The molecule has 0 atom stereocenters. The van der Waals surface area contributed by atoms with Gasteiger partial charge in [-0.1, -0.05) is 37.6 Å². The van der Waals surface area contributed by atoms with Crippen molar-refractivity contribution in [2.24, 2.45) is 0 Å². The Bertz CT molecular complexity index is 1320. The number of hydrogen-bond acceptors (Lipinski definition) is 8. The zero-order valence-electron chi connectivity index (χ0n) is 21.2. The second kappa shape index (κ2) is 9.16. The molecule has 0 unspecified atom stereocenters. The van der Waals surface area contributed by atoms with Gasteiger partial charge in [-0.3, -0.25) is 0 Å². The maximum absolute atomic E-state index is 15.2. The van der Waals surface area contributed by atoms with Gasteiger partial charge in [0.15, 0.2) is 17.5 Å². The fourth-order valence-electron chi connectivity index (χ4n) is 4.29. The monoisotopic (exact) mass is 496 g/mol. The molecular formula is C26H30F2N6O2. The Morgan fingerprint density at radius 1 is 1.03 bits per heavy atom. The molecule has 1 aliphatic heterocycles. The van der Waals surface area contributed by atoms with E-state index in [1.54, 1.807) is 18.2 Å². The highest BCUT2D eigenvalue weighted by molar-refractivity contribution is 5.66. The highest BCUT2D eigenvalue weighted by atomic mass is 19.1. The second-order valence-corrected chi connectivity index (χ2v) is 10.5. The zero-order chi connectivity index (χ0) is 25.6. The van der Waals surface area contributed by atoms with Gasteiger partial charge in [0, 0.05) is 49.3 Å². The number of anilines is 3. The first-order chi connectivity index (χ1) is 17.1. The first-order valence-electron chi connectivity index (χ1n) is 12.0. The van der Waals surface area contributed by atoms with E-state index in [0.29, 0.717) is 40.8 Å². The van der Waals surface area contributed by atoms with E-state index in [0.717, 1.165) is 31.8 Å². The molecule has 36 heavy (non-hydrogen) atoms. The van der Waals surface area contributed by atoms with Crippen molar-refractivity contribution in [1.29, 1.82) is 0 Å². The van der Waals surface area contributed by atoms with Crippen LogP contribution in [0.25, 0.3) is 6.08 Å². The number of piperazine rings is 1. The summed E-state index contributed by atoms with van der Waals surface area (Å²) >= 11 is 0. The maximum Gasteiger partial charge on any atom is 0.326 e. The molecule has 1 saturated heterocycles. The number of aromatic nitrogens is 3. The fourth-order valence-corrected chi connectivity index (χ4v) is 4.29. The number of nitrogens with zero attached hydrogens (tertiary/aromatic N) is 5. The maximum atomic E-state index is 15.2. The van der Waals surface area contributed by atoms with Crippen LogP contribution in [-0.2, 0) is 11.8 Å². The number of nitrogens with one attached hydrogen (secondary N) is 1. The number of ether oxygens (including phenoxy) is 1. The van der Waals surface area contributed by atoms with Crippen LogP contribution in [0.15, 0.2) is 28.3 Å². The SMILES string of the molecule is CC1=Cc2c(cc(F)c(Oc3nc(Nc4cc(C(C)(C)C)on4)cc(N4CCN(C)CC4)n3)c2F)C1. The van der Waals surface area contributed by atoms with E-state index in [9.17, 15) is 4.39 Å². The first-order valence-corrected chi connectivity index (χ1v) is 12.0. The van der Waals surface area contributed by atoms with Crippen LogP contribution in [-0.4, -0.2) is 53.3 Å². The topological polar surface area (TPSA) is 79.5 Å². The largest absolute Gasteiger partial charge is 0.418 e. The van der Waals surface area contributed by atoms with Gasteiger partial charge < -0.3 is 24.4 Å². The Labute approximate surface area is 209 Å². The molecule has 0 amide bonds. The van der Waals surface area contributed by atoms with Crippen LogP contribution < -0.4 is 15.0 Å². The van der Waals surface area contributed by atoms with E-state index in [-0.39, 0.29) is 11.4 Å². The van der Waals surface area contributed by atoms with Crippen LogP contribution in [0.1, 0.15) is 44.6 Å². The minimum Gasteiger partial charge on any atom is -0.418 e. The standard InChI is InChI=1S/C26H30F2N6O2/c1-15-10-16-12-18(27)24(23(28)17(16)11-15)35-25-30-20(29-21-13-19(36-32-21)26(2,3)4)14-22(31-25)34-8-6-33(5)7-9-34/h11-14H,6-10H2,1-5H3,(H,29,30,31,32). The summed E-state index contributed by atoms with van der Waals surface area (Å²) in [6.07, 6.45) is 2.23. The number of hydrogen-bond donors (Lipinski definition) is 1. The van der Waals surface area contributed by atoms with Crippen LogP contribution in [0.4, 0.5) is 26.2 Å². The minimum absolute atomic E-state index is 0.162. The second-order valence-electron chi connectivity index (χ2n) is 10.5. The smallest absolute Gasteiger partial charge is 0.326 e. The summed E-state index contributed by atoms with van der Waals surface area (Å²) in [5.41, 5.74) is 1.69. The van der Waals surface area contributed by atoms with Gasteiger partial charge in [0.2, 0.25) is 5.75 Å². The Kier molecular flexibility index (Phi) is 6.15. The normalized spacial score (nSPS) is 16.2. The van der Waals surface area contributed by atoms with Crippen molar-refractivity contribution in [2.45, 2.75) is 39.5 Å². The molecule has 3 heterocycles. The first kappa shape index (κ1) is 24.2. The lowest BCUT2D eigenvalue weighted by Crippen LogP contribution is -2.44. The summed E-state index contributed by atoms with van der Waals surface area (Å²) in [6, 6.07) is 4.72. The quantitative estimate of drug-likeness (QED) is 0.511. The predicted molar refractivity (Wildman–Crippen MR) is 134 cm³/mol. The van der Waals surface area contributed by atoms with E-state index < -0.39 is 17.4 Å². The average molecular weight is 497 g/mol. The Morgan fingerprint density at radius 3 is 2.47 bits per heavy atom. The van der Waals surface area contributed by atoms with Crippen molar-refractivity contribution in [2.75, 3.05) is 43.4 Å². The average Bonchev–Trinajstić information content (AvgIpc) is 3.43. The van der Waals surface area contributed by atoms with Crippen molar-refractivity contribution < 1.29 is 18.0 Å². The van der Waals surface area contributed by atoms with E-state index in [2.05, 4.69) is 37.3 Å². The molecule has 2 aliphatic rings. The molecule has 0 bridgehead atoms. The Balaban J connectivity index is 1.49. The predicted octanol–water partition coefficient (Wildman–Crippen LogP) is 5.29. The van der Waals surface area contributed by atoms with E-state index in [1.807, 2.05) is 27.7 Å². The highest BCUT2D eigenvalue weighted by Crippen LogP contribution is 2.37. The number of rotatable bonds is 5. The van der Waals surface area contributed by atoms with Gasteiger partial charge in [0.05, 0.1) is 0 Å². The summed E-state index contributed by atoms with van der Waals surface area (Å²) in [4.78, 5) is 13.2. The molecule has 8 nitrogen and oxygen atoms in total. The third-order valence-corrected chi connectivity index (χ3v) is 6.38. The number of likely N-dealkylation sites (N-methyl/N-ethyl adjacent to an activating group) is 1. The molecule has 10 heteroatoms. The van der Waals surface area contributed by atoms with Crippen LogP contribution in [0.3, 0.4) is 0 Å². The number of benzene rings is 1. The van der Waals surface area contributed by atoms with Crippen molar-refractivity contribution in [3.8, 4) is 11.8 Å². The summed E-state index contributed by atoms with van der Waals surface area (Å²) in [7, 11) is 2.06. The summed E-state index contributed by atoms with van der Waals surface area (Å²) in [5, 5.41) is 7.20. The van der Waals surface area contributed by atoms with E-state index in [1.165, 1.54) is 6.07 Å². The van der Waals surface area contributed by atoms with Crippen LogP contribution in [0, 0.1) is 11.6 Å². The number of halogens is 2. The van der Waals surface area contributed by atoms with Crippen molar-refractivity contribution in [1.82, 2.24) is 20.0 Å². The third kappa shape index (κ3) is 4.90. The highest BCUT2D eigenvalue weighted by Gasteiger charge is 2.25. The molecule has 2 aromatic heterocycles. The number of fused-ring (bicyclic) bond motifs is 1. The molecule has 1 N–H and O–H groups in total. The van der Waals surface area contributed by atoms with Crippen molar-refractivity contribution >= 4 is 23.5 Å². The molecule has 1 aliphatic carbocycles. The van der Waals surface area contributed by atoms with Crippen molar-refractivity contribution in [3.63, 3.8) is 0 Å². The lowest BCUT2D eigenvalue weighted by Gasteiger charge is -2.33. The lowest BCUT2D eigenvalue weighted by atomic mass is 9.93. The van der Waals surface area contributed by atoms with Gasteiger partial charge in [-0.2, -0.15) is 9.97 Å².